The molecule has 1 fully saturated rings. The zero-order valence-electron chi connectivity index (χ0n) is 9.66. The number of rotatable bonds is 0. The van der Waals surface area contributed by atoms with E-state index in [1.54, 1.807) is 5.56 Å². The van der Waals surface area contributed by atoms with Crippen molar-refractivity contribution in [2.24, 2.45) is 0 Å². The highest BCUT2D eigenvalue weighted by atomic mass is 79.9. The Bertz CT molecular complexity index is 546. The first-order valence-corrected chi connectivity index (χ1v) is 9.72. The van der Waals surface area contributed by atoms with Gasteiger partial charge in [-0.1, -0.05) is 56.1 Å². The van der Waals surface area contributed by atoms with E-state index in [1.165, 1.54) is 32.5 Å². The standard InChI is InChI=1S/C14H12Br2S2/c15-12-10-7-11(9-4-2-1-3-8(9)10)14(13(12)16)17-5-6-18-14/h1-4,10-11H,5-7H2/t10-,11-/m0/s1. The van der Waals surface area contributed by atoms with Gasteiger partial charge in [0.25, 0.3) is 0 Å². The second kappa shape index (κ2) is 4.31. The van der Waals surface area contributed by atoms with Crippen LogP contribution in [0.5, 0.6) is 0 Å². The van der Waals surface area contributed by atoms with Crippen LogP contribution in [0.1, 0.15) is 29.4 Å². The van der Waals surface area contributed by atoms with Gasteiger partial charge in [-0.3, -0.25) is 0 Å². The largest absolute Gasteiger partial charge is 0.137 e. The maximum absolute atomic E-state index is 3.91. The van der Waals surface area contributed by atoms with E-state index in [-0.39, 0.29) is 4.08 Å². The molecule has 0 aromatic heterocycles. The monoisotopic (exact) mass is 402 g/mol. The van der Waals surface area contributed by atoms with Gasteiger partial charge in [-0.05, 0) is 17.5 Å². The van der Waals surface area contributed by atoms with E-state index in [9.17, 15) is 0 Å². The van der Waals surface area contributed by atoms with Crippen LogP contribution in [0.3, 0.4) is 0 Å². The van der Waals surface area contributed by atoms with Gasteiger partial charge in [-0.15, -0.1) is 23.5 Å². The Morgan fingerprint density at radius 2 is 1.72 bits per heavy atom. The predicted molar refractivity (Wildman–Crippen MR) is 89.1 cm³/mol. The van der Waals surface area contributed by atoms with Crippen molar-refractivity contribution in [1.29, 1.82) is 0 Å². The molecular weight excluding hydrogens is 392 g/mol. The van der Waals surface area contributed by atoms with E-state index in [0.717, 1.165) is 0 Å². The molecule has 3 aliphatic rings. The van der Waals surface area contributed by atoms with Gasteiger partial charge >= 0.3 is 0 Å². The highest BCUT2D eigenvalue weighted by Gasteiger charge is 2.55. The van der Waals surface area contributed by atoms with Gasteiger partial charge in [0, 0.05) is 32.3 Å². The van der Waals surface area contributed by atoms with Gasteiger partial charge in [-0.25, -0.2) is 0 Å². The van der Waals surface area contributed by atoms with Crippen LogP contribution >= 0.6 is 55.4 Å². The van der Waals surface area contributed by atoms with E-state index < -0.39 is 0 Å². The summed E-state index contributed by atoms with van der Waals surface area (Å²) in [6, 6.07) is 9.02. The van der Waals surface area contributed by atoms with Crippen molar-refractivity contribution in [2.45, 2.75) is 22.3 Å². The summed E-state index contributed by atoms with van der Waals surface area (Å²) in [7, 11) is 0. The lowest BCUT2D eigenvalue weighted by Crippen LogP contribution is -2.29. The first-order chi connectivity index (χ1) is 8.74. The van der Waals surface area contributed by atoms with Crippen molar-refractivity contribution in [3.63, 3.8) is 0 Å². The lowest BCUT2D eigenvalue weighted by atomic mass is 9.91. The van der Waals surface area contributed by atoms with Crippen LogP contribution in [0.25, 0.3) is 0 Å². The topological polar surface area (TPSA) is 0 Å². The molecule has 1 heterocycles. The molecule has 1 aliphatic heterocycles. The molecule has 2 atom stereocenters. The second-order valence-electron chi connectivity index (χ2n) is 5.00. The average molecular weight is 404 g/mol. The Labute approximate surface area is 133 Å². The third-order valence-corrected chi connectivity index (χ3v) is 10.9. The minimum Gasteiger partial charge on any atom is -0.137 e. The van der Waals surface area contributed by atoms with E-state index in [2.05, 4.69) is 79.6 Å². The predicted octanol–water partition coefficient (Wildman–Crippen LogP) is 5.45. The molecule has 18 heavy (non-hydrogen) atoms. The Balaban J connectivity index is 1.97. The van der Waals surface area contributed by atoms with Gasteiger partial charge in [-0.2, -0.15) is 0 Å². The SMILES string of the molecule is BrC1=C(Br)C2(SCCS2)[C@H]2C[C@H]1c1ccccc12. The van der Waals surface area contributed by atoms with E-state index in [0.29, 0.717) is 11.8 Å². The van der Waals surface area contributed by atoms with Crippen molar-refractivity contribution < 1.29 is 0 Å². The number of hydrogen-bond acceptors (Lipinski definition) is 2. The molecule has 0 nitrogen and oxygen atoms in total. The maximum atomic E-state index is 3.91. The molecule has 2 aliphatic carbocycles. The normalized spacial score (nSPS) is 32.1. The zero-order chi connectivity index (χ0) is 12.3. The van der Waals surface area contributed by atoms with Crippen molar-refractivity contribution in [3.05, 3.63) is 44.4 Å². The number of allylic oxidation sites excluding steroid dienone is 1. The lowest BCUT2D eigenvalue weighted by Gasteiger charge is -2.38. The minimum atomic E-state index is 0.238. The summed E-state index contributed by atoms with van der Waals surface area (Å²) in [5, 5.41) is 0. The van der Waals surface area contributed by atoms with Crippen LogP contribution in [-0.4, -0.2) is 15.6 Å². The summed E-state index contributed by atoms with van der Waals surface area (Å²) in [5.74, 6) is 3.78. The van der Waals surface area contributed by atoms with Crippen LogP contribution in [0.15, 0.2) is 33.2 Å². The number of thioether (sulfide) groups is 2. The third kappa shape index (κ3) is 1.46. The second-order valence-corrected chi connectivity index (χ2v) is 9.58. The van der Waals surface area contributed by atoms with E-state index >= 15 is 0 Å². The van der Waals surface area contributed by atoms with Crippen LogP contribution < -0.4 is 0 Å². The summed E-state index contributed by atoms with van der Waals surface area (Å²) in [5.41, 5.74) is 3.12. The Morgan fingerprint density at radius 3 is 2.44 bits per heavy atom. The molecular formula is C14H12Br2S2. The summed E-state index contributed by atoms with van der Waals surface area (Å²) in [6.07, 6.45) is 1.27. The maximum Gasteiger partial charge on any atom is 0.100 e. The van der Waals surface area contributed by atoms with Gasteiger partial charge in [0.15, 0.2) is 0 Å². The van der Waals surface area contributed by atoms with Crippen LogP contribution in [0.4, 0.5) is 0 Å². The van der Waals surface area contributed by atoms with Crippen LogP contribution in [0, 0.1) is 0 Å². The average Bonchev–Trinajstić information content (AvgIpc) is 3.00. The molecule has 1 aromatic carbocycles. The number of benzene rings is 1. The van der Waals surface area contributed by atoms with Gasteiger partial charge < -0.3 is 0 Å². The molecule has 1 aromatic rings. The molecule has 2 bridgehead atoms. The third-order valence-electron chi connectivity index (χ3n) is 4.21. The highest BCUT2D eigenvalue weighted by molar-refractivity contribution is 9.14. The molecule has 94 valence electrons. The molecule has 0 amide bonds. The van der Waals surface area contributed by atoms with Crippen LogP contribution in [0.2, 0.25) is 0 Å². The molecule has 4 rings (SSSR count). The smallest absolute Gasteiger partial charge is 0.100 e. The van der Waals surface area contributed by atoms with Crippen molar-refractivity contribution in [1.82, 2.24) is 0 Å². The quantitative estimate of drug-likeness (QED) is 0.564. The van der Waals surface area contributed by atoms with Crippen LogP contribution in [-0.2, 0) is 0 Å². The first kappa shape index (κ1) is 12.4. The van der Waals surface area contributed by atoms with Crippen molar-refractivity contribution >= 4 is 55.4 Å². The van der Waals surface area contributed by atoms with Gasteiger partial charge in [0.05, 0.1) is 0 Å². The summed E-state index contributed by atoms with van der Waals surface area (Å²) >= 11 is 12.0. The zero-order valence-corrected chi connectivity index (χ0v) is 14.5. The highest BCUT2D eigenvalue weighted by Crippen LogP contribution is 2.69. The summed E-state index contributed by atoms with van der Waals surface area (Å²) in [6.45, 7) is 0. The Kier molecular flexibility index (Phi) is 2.96. The fraction of sp³-hybridized carbons (Fsp3) is 0.429. The van der Waals surface area contributed by atoms with Gasteiger partial charge in [0.2, 0.25) is 0 Å². The van der Waals surface area contributed by atoms with E-state index in [4.69, 9.17) is 0 Å². The molecule has 1 saturated heterocycles. The molecule has 0 N–H and O–H groups in total. The minimum absolute atomic E-state index is 0.238. The Morgan fingerprint density at radius 1 is 1.06 bits per heavy atom. The molecule has 0 radical (unpaired) electrons. The van der Waals surface area contributed by atoms with Gasteiger partial charge in [0.1, 0.15) is 4.08 Å². The number of hydrogen-bond donors (Lipinski definition) is 0. The van der Waals surface area contributed by atoms with E-state index in [1.807, 2.05) is 0 Å². The molecule has 0 saturated carbocycles. The number of fused-ring (bicyclic) bond motifs is 6. The Hall–Kier alpha value is 0.620. The van der Waals surface area contributed by atoms with Crippen molar-refractivity contribution in [3.8, 4) is 0 Å². The fourth-order valence-corrected chi connectivity index (χ4v) is 9.14. The van der Waals surface area contributed by atoms with Crippen molar-refractivity contribution in [2.75, 3.05) is 11.5 Å². The number of halogens is 2. The first-order valence-electron chi connectivity index (χ1n) is 6.16. The lowest BCUT2D eigenvalue weighted by molar-refractivity contribution is 0.607. The fourth-order valence-electron chi connectivity index (χ4n) is 3.46. The summed E-state index contributed by atoms with van der Waals surface area (Å²) in [4.78, 5) is 0. The molecule has 0 unspecified atom stereocenters. The molecule has 4 heteroatoms. The molecule has 1 spiro atoms. The summed E-state index contributed by atoms with van der Waals surface area (Å²) < 4.78 is 3.02.